The van der Waals surface area contributed by atoms with Crippen molar-refractivity contribution < 1.29 is 29.0 Å². The van der Waals surface area contributed by atoms with Crippen molar-refractivity contribution in [2.45, 2.75) is 59.8 Å². The monoisotopic (exact) mass is 608 g/mol. The number of hydrogen-bond acceptors (Lipinski definition) is 7. The summed E-state index contributed by atoms with van der Waals surface area (Å²) in [6.45, 7) is 10.0. The molecule has 0 fully saturated rings. The normalized spacial score (nSPS) is 16.2. The summed E-state index contributed by atoms with van der Waals surface area (Å²) in [6.07, 6.45) is 0.118. The summed E-state index contributed by atoms with van der Waals surface area (Å²) in [4.78, 5) is 42.6. The van der Waals surface area contributed by atoms with Crippen molar-refractivity contribution in [2.24, 2.45) is 15.8 Å². The number of Topliss-reactive ketones (excluding diaryl/α,β-unsaturated/α-hetero) is 1. The van der Waals surface area contributed by atoms with Gasteiger partial charge in [-0.1, -0.05) is 83.1 Å². The summed E-state index contributed by atoms with van der Waals surface area (Å²) in [7, 11) is 0. The SMILES string of the molecule is CC1(C)CC(=O)C(C(=Nc2ccc(OC(=O)CCNC(=O)OCC3c4ccccc4-c4ccccc43)cc2)C(C)(C)C)=C(O)C1. The Hall–Kier alpha value is -4.72. The number of amides is 1. The zero-order valence-electron chi connectivity index (χ0n) is 26.5. The number of ketones is 1. The summed E-state index contributed by atoms with van der Waals surface area (Å²) in [6, 6.07) is 22.9. The van der Waals surface area contributed by atoms with Crippen LogP contribution in [0.1, 0.15) is 70.9 Å². The summed E-state index contributed by atoms with van der Waals surface area (Å²) in [5.41, 5.74) is 5.14. The number of aliphatic hydroxyl groups is 1. The highest BCUT2D eigenvalue weighted by Gasteiger charge is 2.38. The molecule has 3 aromatic rings. The van der Waals surface area contributed by atoms with Gasteiger partial charge in [0.15, 0.2) is 5.78 Å². The lowest BCUT2D eigenvalue weighted by atomic mass is 9.72. The van der Waals surface area contributed by atoms with Gasteiger partial charge < -0.3 is 19.9 Å². The van der Waals surface area contributed by atoms with E-state index in [0.29, 0.717) is 35.6 Å². The minimum Gasteiger partial charge on any atom is -0.511 e. The summed E-state index contributed by atoms with van der Waals surface area (Å²) in [5.74, 6) is -0.268. The molecule has 2 aliphatic carbocycles. The van der Waals surface area contributed by atoms with Crippen molar-refractivity contribution in [1.82, 2.24) is 5.32 Å². The van der Waals surface area contributed by atoms with Crippen LogP contribution in [0.25, 0.3) is 11.1 Å². The highest BCUT2D eigenvalue weighted by molar-refractivity contribution is 6.25. The molecule has 5 rings (SSSR count). The van der Waals surface area contributed by atoms with Gasteiger partial charge in [-0.3, -0.25) is 14.6 Å². The van der Waals surface area contributed by atoms with Gasteiger partial charge in [0.1, 0.15) is 18.1 Å². The topological polar surface area (TPSA) is 114 Å². The molecule has 1 amide bonds. The number of allylic oxidation sites excluding steroid dienone is 2. The van der Waals surface area contributed by atoms with Crippen LogP contribution in [0.3, 0.4) is 0 Å². The average molecular weight is 609 g/mol. The maximum Gasteiger partial charge on any atom is 0.407 e. The van der Waals surface area contributed by atoms with Crippen molar-refractivity contribution >= 4 is 29.2 Å². The molecule has 2 aliphatic rings. The van der Waals surface area contributed by atoms with Crippen LogP contribution in [-0.4, -0.2) is 41.8 Å². The number of ether oxygens (including phenoxy) is 2. The molecule has 234 valence electrons. The average Bonchev–Trinajstić information content (AvgIpc) is 3.28. The van der Waals surface area contributed by atoms with Gasteiger partial charge in [-0.05, 0) is 51.9 Å². The molecular formula is C37H40N2O6. The van der Waals surface area contributed by atoms with Gasteiger partial charge in [-0.25, -0.2) is 4.79 Å². The first-order valence-corrected chi connectivity index (χ1v) is 15.3. The third-order valence-corrected chi connectivity index (χ3v) is 8.05. The smallest absolute Gasteiger partial charge is 0.407 e. The fourth-order valence-corrected chi connectivity index (χ4v) is 5.97. The number of carbonyl (C=O) groups is 3. The molecule has 45 heavy (non-hydrogen) atoms. The quantitative estimate of drug-likeness (QED) is 0.153. The highest BCUT2D eigenvalue weighted by Crippen LogP contribution is 2.44. The molecule has 0 saturated heterocycles. The number of aliphatic imine (C=N–C) groups is 1. The predicted molar refractivity (Wildman–Crippen MR) is 174 cm³/mol. The summed E-state index contributed by atoms with van der Waals surface area (Å²) >= 11 is 0. The van der Waals surface area contributed by atoms with E-state index < -0.39 is 17.5 Å². The van der Waals surface area contributed by atoms with E-state index in [1.165, 1.54) is 0 Å². The Kier molecular flexibility index (Phi) is 8.96. The number of esters is 1. The van der Waals surface area contributed by atoms with Crippen LogP contribution in [0.15, 0.2) is 89.1 Å². The molecule has 8 nitrogen and oxygen atoms in total. The first-order chi connectivity index (χ1) is 21.3. The molecule has 0 unspecified atom stereocenters. The second-order valence-corrected chi connectivity index (χ2v) is 13.4. The lowest BCUT2D eigenvalue weighted by Gasteiger charge is -2.33. The lowest BCUT2D eigenvalue weighted by molar-refractivity contribution is -0.134. The fourth-order valence-electron chi connectivity index (χ4n) is 5.97. The molecule has 2 N–H and O–H groups in total. The molecule has 0 atom stereocenters. The Morgan fingerprint density at radius 3 is 2.11 bits per heavy atom. The maximum absolute atomic E-state index is 13.0. The van der Waals surface area contributed by atoms with E-state index in [-0.39, 0.29) is 42.4 Å². The van der Waals surface area contributed by atoms with Crippen LogP contribution in [0.2, 0.25) is 0 Å². The van der Waals surface area contributed by atoms with Gasteiger partial charge >= 0.3 is 12.1 Å². The van der Waals surface area contributed by atoms with Crippen LogP contribution < -0.4 is 10.1 Å². The number of rotatable bonds is 8. The minimum absolute atomic E-state index is 0.0375. The molecule has 0 aliphatic heterocycles. The second kappa shape index (κ2) is 12.7. The van der Waals surface area contributed by atoms with Crippen LogP contribution in [0.5, 0.6) is 5.75 Å². The van der Waals surface area contributed by atoms with E-state index in [2.05, 4.69) is 29.6 Å². The maximum atomic E-state index is 13.0. The first kappa shape index (κ1) is 31.7. The van der Waals surface area contributed by atoms with Crippen molar-refractivity contribution in [3.63, 3.8) is 0 Å². The fraction of sp³-hybridized carbons (Fsp3) is 0.351. The first-order valence-electron chi connectivity index (χ1n) is 15.3. The molecule has 8 heteroatoms. The van der Waals surface area contributed by atoms with Gasteiger partial charge in [-0.2, -0.15) is 0 Å². The second-order valence-electron chi connectivity index (χ2n) is 13.4. The Balaban J connectivity index is 1.13. The lowest BCUT2D eigenvalue weighted by Crippen LogP contribution is -2.34. The summed E-state index contributed by atoms with van der Waals surface area (Å²) < 4.78 is 11.0. The van der Waals surface area contributed by atoms with Crippen molar-refractivity contribution in [2.75, 3.05) is 13.2 Å². The number of carbonyl (C=O) groups excluding carboxylic acids is 3. The third-order valence-electron chi connectivity index (χ3n) is 8.05. The van der Waals surface area contributed by atoms with Gasteiger partial charge in [0, 0.05) is 30.7 Å². The van der Waals surface area contributed by atoms with Gasteiger partial charge in [0.2, 0.25) is 0 Å². The number of nitrogens with zero attached hydrogens (tertiary/aromatic N) is 1. The standard InChI is InChI=1S/C37H40N2O6/c1-36(2,3)34(33-30(40)20-37(4,5)21-31(33)41)39-23-14-16-24(17-15-23)45-32(42)18-19-38-35(43)44-22-29-27-12-8-6-10-25(27)26-11-7-9-13-28(26)29/h6-17,29,40H,18-22H2,1-5H3,(H,38,43). The Bertz CT molecular complexity index is 1630. The zero-order valence-corrected chi connectivity index (χ0v) is 26.5. The molecule has 0 spiro atoms. The molecular weight excluding hydrogens is 568 g/mol. The van der Waals surface area contributed by atoms with Crippen LogP contribution >= 0.6 is 0 Å². The molecule has 0 saturated carbocycles. The molecule has 0 heterocycles. The van der Waals surface area contributed by atoms with E-state index in [4.69, 9.17) is 14.5 Å². The van der Waals surface area contributed by atoms with E-state index in [0.717, 1.165) is 22.3 Å². The predicted octanol–water partition coefficient (Wildman–Crippen LogP) is 7.84. The molecule has 3 aromatic carbocycles. The Morgan fingerprint density at radius 2 is 1.53 bits per heavy atom. The van der Waals surface area contributed by atoms with Crippen molar-refractivity contribution in [3.05, 3.63) is 95.3 Å². The number of fused-ring (bicyclic) bond motifs is 3. The number of hydrogen-bond donors (Lipinski definition) is 2. The van der Waals surface area contributed by atoms with Crippen LogP contribution in [-0.2, 0) is 14.3 Å². The van der Waals surface area contributed by atoms with Gasteiger partial charge in [0.25, 0.3) is 0 Å². The number of aliphatic hydroxyl groups excluding tert-OH is 1. The number of alkyl carbamates (subject to hydrolysis) is 1. The van der Waals surface area contributed by atoms with Gasteiger partial charge in [-0.15, -0.1) is 0 Å². The highest BCUT2D eigenvalue weighted by atomic mass is 16.5. The van der Waals surface area contributed by atoms with E-state index in [1.807, 2.05) is 58.9 Å². The van der Waals surface area contributed by atoms with Crippen LogP contribution in [0.4, 0.5) is 10.5 Å². The number of benzene rings is 3. The molecule has 0 radical (unpaired) electrons. The van der Waals surface area contributed by atoms with E-state index in [9.17, 15) is 19.5 Å². The Labute approximate surface area is 264 Å². The molecule has 0 bridgehead atoms. The third kappa shape index (κ3) is 7.33. The van der Waals surface area contributed by atoms with E-state index >= 15 is 0 Å². The largest absolute Gasteiger partial charge is 0.511 e. The molecule has 0 aromatic heterocycles. The summed E-state index contributed by atoms with van der Waals surface area (Å²) in [5, 5.41) is 13.4. The van der Waals surface area contributed by atoms with Crippen LogP contribution in [0, 0.1) is 10.8 Å². The van der Waals surface area contributed by atoms with E-state index in [1.54, 1.807) is 24.3 Å². The minimum atomic E-state index is -0.595. The number of nitrogens with one attached hydrogen (secondary N) is 1. The zero-order chi connectivity index (χ0) is 32.4. The van der Waals surface area contributed by atoms with Crippen molar-refractivity contribution in [1.29, 1.82) is 0 Å². The Morgan fingerprint density at radius 1 is 0.933 bits per heavy atom. The van der Waals surface area contributed by atoms with Crippen molar-refractivity contribution in [3.8, 4) is 16.9 Å². The van der Waals surface area contributed by atoms with Gasteiger partial charge in [0.05, 0.1) is 23.4 Å².